The van der Waals surface area contributed by atoms with E-state index in [2.05, 4.69) is 4.74 Å². The van der Waals surface area contributed by atoms with E-state index in [0.717, 1.165) is 0 Å². The molecular formula is C12H16O6S. The van der Waals surface area contributed by atoms with Crippen molar-refractivity contribution >= 4 is 15.8 Å². The average Bonchev–Trinajstić information content (AvgIpc) is 2.36. The lowest BCUT2D eigenvalue weighted by Crippen LogP contribution is -2.14. The molecule has 6 nitrogen and oxygen atoms in total. The Labute approximate surface area is 111 Å². The van der Waals surface area contributed by atoms with E-state index in [1.165, 1.54) is 20.3 Å². The lowest BCUT2D eigenvalue weighted by Gasteiger charge is -2.12. The fourth-order valence-electron chi connectivity index (χ4n) is 1.66. The fourth-order valence-corrected chi connectivity index (χ4v) is 2.78. The van der Waals surface area contributed by atoms with Crippen molar-refractivity contribution in [3.63, 3.8) is 0 Å². The van der Waals surface area contributed by atoms with E-state index in [4.69, 9.17) is 9.84 Å². The molecule has 0 fully saturated rings. The van der Waals surface area contributed by atoms with Crippen LogP contribution in [0.15, 0.2) is 18.2 Å². The van der Waals surface area contributed by atoms with E-state index in [0.29, 0.717) is 5.56 Å². The average molecular weight is 288 g/mol. The molecule has 0 amide bonds. The van der Waals surface area contributed by atoms with E-state index in [1.807, 2.05) is 0 Å². The summed E-state index contributed by atoms with van der Waals surface area (Å²) in [5, 5.41) is 8.70. The summed E-state index contributed by atoms with van der Waals surface area (Å²) >= 11 is 0. The molecule has 0 aliphatic carbocycles. The number of benzene rings is 1. The molecule has 0 aliphatic rings. The predicted octanol–water partition coefficient (Wildman–Crippen LogP) is 0.389. The van der Waals surface area contributed by atoms with Gasteiger partial charge in [0, 0.05) is 5.56 Å². The number of ether oxygens (including phenoxy) is 2. The molecule has 1 N–H and O–H groups in total. The van der Waals surface area contributed by atoms with Crippen molar-refractivity contribution in [1.29, 1.82) is 0 Å². The maximum Gasteiger partial charge on any atom is 0.341 e. The maximum absolute atomic E-state index is 11.7. The molecule has 0 saturated heterocycles. The van der Waals surface area contributed by atoms with Gasteiger partial charge in [-0.1, -0.05) is 12.1 Å². The first-order valence-electron chi connectivity index (χ1n) is 5.50. The molecule has 1 rings (SSSR count). The highest BCUT2D eigenvalue weighted by atomic mass is 32.2. The third kappa shape index (κ3) is 3.93. The van der Waals surface area contributed by atoms with Crippen molar-refractivity contribution in [2.75, 3.05) is 26.6 Å². The summed E-state index contributed by atoms with van der Waals surface area (Å²) in [6, 6.07) is 4.60. The van der Waals surface area contributed by atoms with Crippen LogP contribution in [0, 0.1) is 0 Å². The molecule has 0 radical (unpaired) electrons. The number of hydrogen-bond acceptors (Lipinski definition) is 6. The Bertz CT molecular complexity index is 549. The van der Waals surface area contributed by atoms with Crippen LogP contribution in [-0.2, 0) is 20.3 Å². The first-order valence-corrected chi connectivity index (χ1v) is 7.32. The van der Waals surface area contributed by atoms with Crippen molar-refractivity contribution in [2.24, 2.45) is 0 Å². The van der Waals surface area contributed by atoms with Crippen LogP contribution in [-0.4, -0.2) is 46.1 Å². The molecule has 1 aromatic carbocycles. The van der Waals surface area contributed by atoms with Crippen LogP contribution in [0.4, 0.5) is 0 Å². The van der Waals surface area contributed by atoms with Crippen LogP contribution >= 0.6 is 0 Å². The lowest BCUT2D eigenvalue weighted by molar-refractivity contribution is 0.0597. The van der Waals surface area contributed by atoms with E-state index in [-0.39, 0.29) is 22.8 Å². The minimum absolute atomic E-state index is 0.168. The second-order valence-electron chi connectivity index (χ2n) is 3.81. The highest BCUT2D eigenvalue weighted by Gasteiger charge is 2.20. The van der Waals surface area contributed by atoms with Crippen LogP contribution in [0.3, 0.4) is 0 Å². The molecule has 7 heteroatoms. The van der Waals surface area contributed by atoms with Gasteiger partial charge in [-0.05, 0) is 6.07 Å². The monoisotopic (exact) mass is 288 g/mol. The van der Waals surface area contributed by atoms with Gasteiger partial charge in [0.2, 0.25) is 0 Å². The number of esters is 1. The zero-order valence-electron chi connectivity index (χ0n) is 10.8. The van der Waals surface area contributed by atoms with Gasteiger partial charge in [-0.25, -0.2) is 13.2 Å². The summed E-state index contributed by atoms with van der Waals surface area (Å²) in [6.07, 6.45) is 0. The molecular weight excluding hydrogens is 272 g/mol. The van der Waals surface area contributed by atoms with Crippen molar-refractivity contribution in [2.45, 2.75) is 5.75 Å². The second kappa shape index (κ2) is 6.53. The Morgan fingerprint density at radius 1 is 1.32 bits per heavy atom. The first-order chi connectivity index (χ1) is 8.95. The van der Waals surface area contributed by atoms with E-state index < -0.39 is 22.4 Å². The van der Waals surface area contributed by atoms with Gasteiger partial charge in [0.15, 0.2) is 9.84 Å². The quantitative estimate of drug-likeness (QED) is 0.762. The summed E-state index contributed by atoms with van der Waals surface area (Å²) in [4.78, 5) is 11.5. The number of hydrogen-bond donors (Lipinski definition) is 1. The van der Waals surface area contributed by atoms with Crippen LogP contribution in [0.5, 0.6) is 5.75 Å². The fraction of sp³-hybridized carbons (Fsp3) is 0.417. The molecule has 19 heavy (non-hydrogen) atoms. The van der Waals surface area contributed by atoms with Crippen LogP contribution in [0.25, 0.3) is 0 Å². The summed E-state index contributed by atoms with van der Waals surface area (Å²) in [7, 11) is -0.864. The smallest absolute Gasteiger partial charge is 0.341 e. The van der Waals surface area contributed by atoms with Crippen molar-refractivity contribution in [3.05, 3.63) is 29.3 Å². The first kappa shape index (κ1) is 15.5. The summed E-state index contributed by atoms with van der Waals surface area (Å²) in [6.45, 7) is -0.443. The molecule has 0 aromatic heterocycles. The standard InChI is InChI=1S/C12H16O6S/c1-17-11-9(8-19(15,16)7-6-13)4-3-5-10(11)12(14)18-2/h3-5,13H,6-8H2,1-2H3. The normalized spacial score (nSPS) is 11.1. The third-order valence-corrected chi connectivity index (χ3v) is 4.04. The van der Waals surface area contributed by atoms with Crippen molar-refractivity contribution in [1.82, 2.24) is 0 Å². The Balaban J connectivity index is 3.19. The lowest BCUT2D eigenvalue weighted by atomic mass is 10.1. The number of carbonyl (C=O) groups is 1. The molecule has 0 saturated carbocycles. The van der Waals surface area contributed by atoms with Gasteiger partial charge in [0.05, 0.1) is 32.3 Å². The minimum atomic E-state index is -3.45. The zero-order valence-corrected chi connectivity index (χ0v) is 11.6. The minimum Gasteiger partial charge on any atom is -0.496 e. The summed E-state index contributed by atoms with van der Waals surface area (Å²) in [5.41, 5.74) is 0.528. The van der Waals surface area contributed by atoms with Gasteiger partial charge in [-0.3, -0.25) is 0 Å². The Morgan fingerprint density at radius 3 is 2.53 bits per heavy atom. The number of carbonyl (C=O) groups excluding carboxylic acids is 1. The van der Waals surface area contributed by atoms with Crippen molar-refractivity contribution in [3.8, 4) is 5.75 Å². The zero-order chi connectivity index (χ0) is 14.5. The molecule has 0 aliphatic heterocycles. The van der Waals surface area contributed by atoms with Crippen molar-refractivity contribution < 1.29 is 27.8 Å². The molecule has 0 heterocycles. The molecule has 1 aromatic rings. The molecule has 106 valence electrons. The largest absolute Gasteiger partial charge is 0.496 e. The van der Waals surface area contributed by atoms with Crippen LogP contribution in [0.2, 0.25) is 0 Å². The van der Waals surface area contributed by atoms with Gasteiger partial charge >= 0.3 is 5.97 Å². The predicted molar refractivity (Wildman–Crippen MR) is 68.9 cm³/mol. The van der Waals surface area contributed by atoms with Gasteiger partial charge in [-0.15, -0.1) is 0 Å². The molecule has 0 bridgehead atoms. The Morgan fingerprint density at radius 2 is 2.00 bits per heavy atom. The highest BCUT2D eigenvalue weighted by Crippen LogP contribution is 2.26. The molecule has 0 unspecified atom stereocenters. The highest BCUT2D eigenvalue weighted by molar-refractivity contribution is 7.90. The Kier molecular flexibility index (Phi) is 5.31. The number of para-hydroxylation sites is 1. The third-order valence-electron chi connectivity index (χ3n) is 2.48. The van der Waals surface area contributed by atoms with Gasteiger partial charge in [0.25, 0.3) is 0 Å². The van der Waals surface area contributed by atoms with Gasteiger partial charge < -0.3 is 14.6 Å². The second-order valence-corrected chi connectivity index (χ2v) is 5.99. The number of aliphatic hydroxyl groups excluding tert-OH is 1. The van der Waals surface area contributed by atoms with Gasteiger partial charge in [-0.2, -0.15) is 0 Å². The summed E-state index contributed by atoms with van der Waals surface area (Å²) in [5.74, 6) is -1.06. The SMILES string of the molecule is COC(=O)c1cccc(CS(=O)(=O)CCO)c1OC. The number of sulfone groups is 1. The molecule has 0 atom stereocenters. The van der Waals surface area contributed by atoms with Crippen LogP contribution in [0.1, 0.15) is 15.9 Å². The van der Waals surface area contributed by atoms with E-state index >= 15 is 0 Å². The topological polar surface area (TPSA) is 89.9 Å². The number of methoxy groups -OCH3 is 2. The van der Waals surface area contributed by atoms with Gasteiger partial charge in [0.1, 0.15) is 11.3 Å². The maximum atomic E-state index is 11.7. The van der Waals surface area contributed by atoms with E-state index in [1.54, 1.807) is 12.1 Å². The van der Waals surface area contributed by atoms with Crippen LogP contribution < -0.4 is 4.74 Å². The number of aliphatic hydroxyl groups is 1. The summed E-state index contributed by atoms with van der Waals surface area (Å²) < 4.78 is 33.1. The van der Waals surface area contributed by atoms with E-state index in [9.17, 15) is 13.2 Å². The number of rotatable bonds is 6. The molecule has 0 spiro atoms. The Hall–Kier alpha value is -1.60.